The Balaban J connectivity index is 0.000000286. The fourth-order valence-electron chi connectivity index (χ4n) is 11.1. The van der Waals surface area contributed by atoms with Crippen LogP contribution in [0.25, 0.3) is 0 Å². The first-order valence-electron chi connectivity index (χ1n) is 16.9. The quantitative estimate of drug-likeness (QED) is 0.324. The van der Waals surface area contributed by atoms with Crippen molar-refractivity contribution >= 4 is 3.21 Å². The molecule has 3 saturated carbocycles. The molecule has 0 bridgehead atoms. The van der Waals surface area contributed by atoms with Gasteiger partial charge in [-0.05, 0) is 28.6 Å². The van der Waals surface area contributed by atoms with Gasteiger partial charge in [0.15, 0.2) is 0 Å². The van der Waals surface area contributed by atoms with Crippen LogP contribution >= 0.6 is 0 Å². The first-order chi connectivity index (χ1) is 20.2. The molecule has 0 amide bonds. The maximum absolute atomic E-state index is 2.99. The van der Waals surface area contributed by atoms with E-state index in [9.17, 15) is 0 Å². The predicted octanol–water partition coefficient (Wildman–Crippen LogP) is 5.27. The van der Waals surface area contributed by atoms with E-state index in [2.05, 4.69) is 148 Å². The maximum Gasteiger partial charge on any atom is -0.109 e. The summed E-state index contributed by atoms with van der Waals surface area (Å²) in [4.78, 5) is 0. The van der Waals surface area contributed by atoms with Gasteiger partial charge in [-0.3, -0.25) is 6.08 Å². The standard InChI is InChI=1S/C29H37.C8H14.C5H5.2ClH.Zr/c1-21-14-13-15-22-20-27(6)25(4)18-10-9-16-23(25,2)24(3)17-11-12-19-26(24,5)29(27,8)28(21,22)7;1-2-8-6-4-3-5-7-8;1-2-4-5-3-1;;;/h9-20,22H,1-8H3;8H,3-7H2,1H3;1-3H,4H2;2*1H;/q-1;;-1;;;+2/p-2. The van der Waals surface area contributed by atoms with Crippen LogP contribution in [-0.2, 0) is 24.2 Å². The minimum Gasteiger partial charge on any atom is -1.00 e. The van der Waals surface area contributed by atoms with Crippen molar-refractivity contribution < 1.29 is 49.0 Å². The fourth-order valence-corrected chi connectivity index (χ4v) is 11.8. The topological polar surface area (TPSA) is 0 Å². The van der Waals surface area contributed by atoms with Crippen molar-refractivity contribution in [2.75, 3.05) is 0 Å². The summed E-state index contributed by atoms with van der Waals surface area (Å²) < 4.78 is 1.74. The van der Waals surface area contributed by atoms with Crippen molar-refractivity contribution in [3.63, 3.8) is 0 Å². The molecule has 0 saturated heterocycles. The number of fused-ring (bicyclic) bond motifs is 8. The summed E-state index contributed by atoms with van der Waals surface area (Å²) in [6.45, 7) is 22.6. The molecule has 7 rings (SSSR count). The van der Waals surface area contributed by atoms with Gasteiger partial charge in [0.2, 0.25) is 0 Å². The van der Waals surface area contributed by atoms with Gasteiger partial charge < -0.3 is 31.2 Å². The molecular weight excluding hydrogens is 667 g/mol. The van der Waals surface area contributed by atoms with Gasteiger partial charge in [0.25, 0.3) is 0 Å². The molecule has 0 aliphatic heterocycles. The third-order valence-corrected chi connectivity index (χ3v) is 15.8. The van der Waals surface area contributed by atoms with Crippen LogP contribution in [0, 0.1) is 62.2 Å². The summed E-state index contributed by atoms with van der Waals surface area (Å²) >= 11 is 1.66. The average molecular weight is 723 g/mol. The van der Waals surface area contributed by atoms with Crippen molar-refractivity contribution in [1.82, 2.24) is 0 Å². The molecule has 0 aromatic carbocycles. The first kappa shape index (κ1) is 38.7. The molecular formula is C42H56Cl2Zr-2. The second kappa shape index (κ2) is 13.6. The summed E-state index contributed by atoms with van der Waals surface area (Å²) in [5, 5.41) is 0. The summed E-state index contributed by atoms with van der Waals surface area (Å²) in [6, 6.07) is 0. The number of hydrogen-bond donors (Lipinski definition) is 0. The molecule has 8 unspecified atom stereocenters. The zero-order chi connectivity index (χ0) is 31.4. The van der Waals surface area contributed by atoms with Gasteiger partial charge in [-0.25, -0.2) is 12.2 Å². The number of rotatable bonds is 1. The maximum atomic E-state index is 2.99. The van der Waals surface area contributed by atoms with E-state index < -0.39 is 0 Å². The van der Waals surface area contributed by atoms with Crippen molar-refractivity contribution in [2.24, 2.45) is 49.7 Å². The van der Waals surface area contributed by atoms with Gasteiger partial charge in [0.1, 0.15) is 0 Å². The third kappa shape index (κ3) is 5.09. The number of allylic oxidation sites excluding steroid dienone is 16. The SMILES string of the molecule is CC1=CC=CC2[CH-]C3(C)C4(C)C=CC=CC4(C)C4(C)C=CC=CC4(C)C3(C)C12C.C[C](=[Zr+2])C1CCCCC1.[C-]1=CC=CC1.[Cl-].[Cl-]. The minimum absolute atomic E-state index is 0. The molecule has 0 nitrogen and oxygen atoms in total. The van der Waals surface area contributed by atoms with Gasteiger partial charge in [0, 0.05) is 10.8 Å². The molecule has 7 aliphatic carbocycles. The van der Waals surface area contributed by atoms with E-state index >= 15 is 0 Å². The Kier molecular flexibility index (Phi) is 11.7. The number of halogens is 2. The van der Waals surface area contributed by atoms with Gasteiger partial charge in [0.05, 0.1) is 0 Å². The van der Waals surface area contributed by atoms with Crippen molar-refractivity contribution in [3.8, 4) is 0 Å². The van der Waals surface area contributed by atoms with E-state index in [0.717, 1.165) is 12.3 Å². The Bertz CT molecular complexity index is 1360. The molecule has 0 aromatic heterocycles. The van der Waals surface area contributed by atoms with E-state index in [0.29, 0.717) is 5.92 Å². The van der Waals surface area contributed by atoms with Crippen LogP contribution in [-0.4, -0.2) is 3.21 Å². The van der Waals surface area contributed by atoms with Gasteiger partial charge in [-0.15, -0.1) is 23.8 Å². The Morgan fingerprint density at radius 1 is 0.756 bits per heavy atom. The van der Waals surface area contributed by atoms with Gasteiger partial charge in [-0.2, -0.15) is 6.08 Å². The van der Waals surface area contributed by atoms with E-state index in [1.54, 1.807) is 27.4 Å². The molecule has 7 aliphatic rings. The Hall–Kier alpha value is -0.747. The predicted molar refractivity (Wildman–Crippen MR) is 183 cm³/mol. The summed E-state index contributed by atoms with van der Waals surface area (Å²) in [6.07, 6.45) is 46.7. The van der Waals surface area contributed by atoms with Crippen LogP contribution in [0.3, 0.4) is 0 Å². The molecule has 45 heavy (non-hydrogen) atoms. The zero-order valence-electron chi connectivity index (χ0n) is 29.3. The van der Waals surface area contributed by atoms with Crippen LogP contribution in [0.5, 0.6) is 0 Å². The van der Waals surface area contributed by atoms with E-state index in [4.69, 9.17) is 0 Å². The van der Waals surface area contributed by atoms with Gasteiger partial charge >= 0.3 is 72.4 Å². The fraction of sp³-hybridized carbons (Fsp3) is 0.571. The van der Waals surface area contributed by atoms with Crippen molar-refractivity contribution in [3.05, 3.63) is 103 Å². The third-order valence-electron chi connectivity index (χ3n) is 14.8. The van der Waals surface area contributed by atoms with E-state index in [-0.39, 0.29) is 62.7 Å². The van der Waals surface area contributed by atoms with Crippen molar-refractivity contribution in [1.29, 1.82) is 0 Å². The second-order valence-electron chi connectivity index (χ2n) is 15.7. The van der Waals surface area contributed by atoms with E-state index in [1.165, 1.54) is 37.7 Å². The molecule has 244 valence electrons. The van der Waals surface area contributed by atoms with Crippen LogP contribution < -0.4 is 24.8 Å². The summed E-state index contributed by atoms with van der Waals surface area (Å²) in [5.41, 5.74) is 1.73. The Labute approximate surface area is 304 Å². The van der Waals surface area contributed by atoms with Crippen LogP contribution in [0.15, 0.2) is 90.6 Å². The normalized spacial score (nSPS) is 44.4. The molecule has 0 N–H and O–H groups in total. The summed E-state index contributed by atoms with van der Waals surface area (Å²) in [5.74, 6) is 1.47. The second-order valence-corrected chi connectivity index (χ2v) is 17.7. The van der Waals surface area contributed by atoms with Crippen LogP contribution in [0.1, 0.15) is 101 Å². The van der Waals surface area contributed by atoms with Gasteiger partial charge in [-0.1, -0.05) is 115 Å². The molecule has 0 heterocycles. The van der Waals surface area contributed by atoms with Crippen LogP contribution in [0.2, 0.25) is 0 Å². The zero-order valence-corrected chi connectivity index (χ0v) is 33.3. The molecule has 3 fully saturated rings. The molecule has 8 atom stereocenters. The van der Waals surface area contributed by atoms with Crippen LogP contribution in [0.4, 0.5) is 0 Å². The molecule has 0 spiro atoms. The molecule has 0 radical (unpaired) electrons. The minimum atomic E-state index is 0. The summed E-state index contributed by atoms with van der Waals surface area (Å²) in [7, 11) is 0. The van der Waals surface area contributed by atoms with Crippen molar-refractivity contribution in [2.45, 2.75) is 101 Å². The average Bonchev–Trinajstić information content (AvgIpc) is 3.64. The molecule has 3 heteroatoms. The largest absolute Gasteiger partial charge is 1.00 e. The first-order valence-corrected chi connectivity index (χ1v) is 18.2. The Morgan fingerprint density at radius 3 is 1.76 bits per heavy atom. The monoisotopic (exact) mass is 720 g/mol. The smallest absolute Gasteiger partial charge is 0.109 e. The molecule has 0 aromatic rings. The number of hydrogen-bond acceptors (Lipinski definition) is 0. The Morgan fingerprint density at radius 2 is 1.29 bits per heavy atom. The van der Waals surface area contributed by atoms with E-state index in [1.807, 2.05) is 12.2 Å².